The van der Waals surface area contributed by atoms with Crippen LogP contribution in [0.3, 0.4) is 0 Å². The van der Waals surface area contributed by atoms with Crippen LogP contribution in [0.15, 0.2) is 64.3 Å². The fourth-order valence-electron chi connectivity index (χ4n) is 2.35. The number of nitrogens with one attached hydrogen (secondary N) is 1. The Kier molecular flexibility index (Phi) is 4.22. The molecule has 3 rings (SSSR count). The van der Waals surface area contributed by atoms with Crippen LogP contribution in [0.2, 0.25) is 0 Å². The van der Waals surface area contributed by atoms with Crippen molar-refractivity contribution in [3.8, 4) is 5.69 Å². The van der Waals surface area contributed by atoms with Gasteiger partial charge in [0.25, 0.3) is 0 Å². The number of rotatable bonds is 3. The van der Waals surface area contributed by atoms with Gasteiger partial charge in [0.2, 0.25) is 0 Å². The molecular weight excluding hydrogens is 360 g/mol. The van der Waals surface area contributed by atoms with Gasteiger partial charge in [-0.25, -0.2) is 0 Å². The smallest absolute Gasteiger partial charge is 0.184 e. The minimum Gasteiger partial charge on any atom is -0.375 e. The van der Waals surface area contributed by atoms with E-state index < -0.39 is 0 Å². The van der Waals surface area contributed by atoms with Gasteiger partial charge in [0.1, 0.15) is 0 Å². The Labute approximate surface area is 141 Å². The molecule has 0 bridgehead atoms. The van der Waals surface area contributed by atoms with Crippen molar-refractivity contribution in [2.24, 2.45) is 10.8 Å². The highest BCUT2D eigenvalue weighted by atomic mass is 79.9. The van der Waals surface area contributed by atoms with E-state index >= 15 is 0 Å². The van der Waals surface area contributed by atoms with Gasteiger partial charge in [0, 0.05) is 16.6 Å². The summed E-state index contributed by atoms with van der Waals surface area (Å²) >= 11 is 8.44. The van der Waals surface area contributed by atoms with Crippen molar-refractivity contribution in [2.75, 3.05) is 0 Å². The molecule has 0 aliphatic heterocycles. The van der Waals surface area contributed by atoms with Crippen LogP contribution >= 0.6 is 28.1 Å². The van der Waals surface area contributed by atoms with Gasteiger partial charge >= 0.3 is 0 Å². The second-order valence-corrected chi connectivity index (χ2v) is 5.82. The lowest BCUT2D eigenvalue weighted by atomic mass is 10.2. The molecule has 0 aliphatic rings. The average molecular weight is 373 g/mol. The third-order valence-electron chi connectivity index (χ3n) is 3.24. The van der Waals surface area contributed by atoms with E-state index in [2.05, 4.69) is 55.3 Å². The second-order valence-electron chi connectivity index (χ2n) is 4.63. The average Bonchev–Trinajstić information content (AvgIpc) is 2.80. The number of hydrogen-bond donors (Lipinski definition) is 2. The number of hydrogen-bond acceptors (Lipinski definition) is 2. The molecular formula is C16H13BrN4S. The highest BCUT2D eigenvalue weighted by Crippen LogP contribution is 2.32. The topological polar surface area (TPSA) is 55.3 Å². The molecule has 22 heavy (non-hydrogen) atoms. The first kappa shape index (κ1) is 14.7. The van der Waals surface area contributed by atoms with E-state index in [-0.39, 0.29) is 5.11 Å². The van der Waals surface area contributed by atoms with Crippen LogP contribution in [0.1, 0.15) is 5.56 Å². The van der Waals surface area contributed by atoms with E-state index in [9.17, 15) is 0 Å². The van der Waals surface area contributed by atoms with E-state index in [0.717, 1.165) is 26.8 Å². The lowest BCUT2D eigenvalue weighted by Gasteiger charge is -2.06. The van der Waals surface area contributed by atoms with Crippen LogP contribution in [-0.4, -0.2) is 15.9 Å². The monoisotopic (exact) mass is 372 g/mol. The van der Waals surface area contributed by atoms with Crippen LogP contribution in [-0.2, 0) is 0 Å². The Morgan fingerprint density at radius 3 is 2.55 bits per heavy atom. The van der Waals surface area contributed by atoms with Crippen LogP contribution in [0.25, 0.3) is 16.6 Å². The zero-order valence-electron chi connectivity index (χ0n) is 11.5. The first-order chi connectivity index (χ1) is 10.7. The Bertz CT molecular complexity index is 855. The Morgan fingerprint density at radius 1 is 1.14 bits per heavy atom. The summed E-state index contributed by atoms with van der Waals surface area (Å²) in [5.41, 5.74) is 11.1. The third-order valence-corrected chi connectivity index (χ3v) is 4.11. The highest BCUT2D eigenvalue weighted by Gasteiger charge is 2.14. The van der Waals surface area contributed by atoms with Gasteiger partial charge in [-0.15, -0.1) is 0 Å². The normalized spacial score (nSPS) is 11.1. The van der Waals surface area contributed by atoms with Gasteiger partial charge in [-0.2, -0.15) is 5.10 Å². The lowest BCUT2D eigenvalue weighted by Crippen LogP contribution is -2.24. The van der Waals surface area contributed by atoms with Gasteiger partial charge in [-0.3, -0.25) is 5.43 Å². The van der Waals surface area contributed by atoms with Gasteiger partial charge in [0.05, 0.1) is 16.3 Å². The molecule has 0 saturated heterocycles. The molecule has 0 atom stereocenters. The van der Waals surface area contributed by atoms with E-state index in [1.165, 1.54) is 0 Å². The Hall–Kier alpha value is -2.18. The lowest BCUT2D eigenvalue weighted by molar-refractivity contribution is 1.04. The largest absolute Gasteiger partial charge is 0.375 e. The molecule has 2 aromatic carbocycles. The summed E-state index contributed by atoms with van der Waals surface area (Å²) in [5, 5.41) is 5.30. The molecule has 0 amide bonds. The number of fused-ring (bicyclic) bond motifs is 1. The summed E-state index contributed by atoms with van der Waals surface area (Å²) in [5.74, 6) is 0. The molecule has 0 aliphatic carbocycles. The third kappa shape index (κ3) is 2.75. The van der Waals surface area contributed by atoms with Crippen molar-refractivity contribution in [3.05, 3.63) is 64.8 Å². The molecule has 0 spiro atoms. The van der Waals surface area contributed by atoms with E-state index in [0.29, 0.717) is 0 Å². The number of benzene rings is 2. The van der Waals surface area contributed by atoms with Crippen molar-refractivity contribution in [1.82, 2.24) is 9.99 Å². The molecule has 1 heterocycles. The summed E-state index contributed by atoms with van der Waals surface area (Å²) in [6, 6.07) is 18.3. The number of thiocarbonyl (C=S) groups is 1. The fourth-order valence-corrected chi connectivity index (χ4v) is 3.11. The molecule has 0 unspecified atom stereocenters. The zero-order valence-corrected chi connectivity index (χ0v) is 13.9. The van der Waals surface area contributed by atoms with E-state index in [1.54, 1.807) is 6.21 Å². The zero-order chi connectivity index (χ0) is 15.5. The van der Waals surface area contributed by atoms with Crippen molar-refractivity contribution >= 4 is 50.4 Å². The summed E-state index contributed by atoms with van der Waals surface area (Å²) < 4.78 is 3.06. The first-order valence-corrected chi connectivity index (χ1v) is 7.81. The van der Waals surface area contributed by atoms with Gasteiger partial charge in [-0.05, 0) is 46.3 Å². The van der Waals surface area contributed by atoms with Gasteiger partial charge in [0.15, 0.2) is 5.11 Å². The van der Waals surface area contributed by atoms with Crippen molar-refractivity contribution in [3.63, 3.8) is 0 Å². The van der Waals surface area contributed by atoms with Crippen molar-refractivity contribution in [2.45, 2.75) is 0 Å². The fraction of sp³-hybridized carbons (Fsp3) is 0. The summed E-state index contributed by atoms with van der Waals surface area (Å²) in [6.45, 7) is 0. The minimum absolute atomic E-state index is 0.138. The Morgan fingerprint density at radius 2 is 1.82 bits per heavy atom. The van der Waals surface area contributed by atoms with E-state index in [4.69, 9.17) is 18.0 Å². The molecule has 1 aromatic heterocycles. The SMILES string of the molecule is NC(=S)NN=Cc1c(Br)n(-c2ccccc2)c2ccccc12. The quantitative estimate of drug-likeness (QED) is 0.419. The number of nitrogens with two attached hydrogens (primary N) is 1. The number of hydrazone groups is 1. The highest BCUT2D eigenvalue weighted by molar-refractivity contribution is 9.10. The summed E-state index contributed by atoms with van der Waals surface area (Å²) in [4.78, 5) is 0. The molecule has 0 fully saturated rings. The van der Waals surface area contributed by atoms with Crippen molar-refractivity contribution < 1.29 is 0 Å². The summed E-state index contributed by atoms with van der Waals surface area (Å²) in [7, 11) is 0. The summed E-state index contributed by atoms with van der Waals surface area (Å²) in [6.07, 6.45) is 1.71. The Balaban J connectivity index is 2.20. The molecule has 3 N–H and O–H groups in total. The maximum atomic E-state index is 5.39. The molecule has 0 radical (unpaired) electrons. The van der Waals surface area contributed by atoms with Gasteiger partial charge < -0.3 is 10.3 Å². The van der Waals surface area contributed by atoms with Gasteiger partial charge in [-0.1, -0.05) is 36.4 Å². The molecule has 0 saturated carbocycles. The van der Waals surface area contributed by atoms with Crippen LogP contribution in [0.5, 0.6) is 0 Å². The standard InChI is InChI=1S/C16H13BrN4S/c17-15-13(10-19-20-16(18)22)12-8-4-5-9-14(12)21(15)11-6-2-1-3-7-11/h1-10H,(H3,18,20,22). The molecule has 6 heteroatoms. The van der Waals surface area contributed by atoms with Crippen LogP contribution in [0, 0.1) is 0 Å². The van der Waals surface area contributed by atoms with Crippen molar-refractivity contribution in [1.29, 1.82) is 0 Å². The number of halogens is 1. The van der Waals surface area contributed by atoms with Crippen LogP contribution < -0.4 is 11.2 Å². The molecule has 3 aromatic rings. The predicted octanol–water partition coefficient (Wildman–Crippen LogP) is 3.56. The first-order valence-electron chi connectivity index (χ1n) is 6.61. The predicted molar refractivity (Wildman–Crippen MR) is 98.5 cm³/mol. The number of nitrogens with zero attached hydrogens (tertiary/aromatic N) is 2. The minimum atomic E-state index is 0.138. The number of aromatic nitrogens is 1. The molecule has 110 valence electrons. The maximum absolute atomic E-state index is 5.39. The molecule has 4 nitrogen and oxygen atoms in total. The maximum Gasteiger partial charge on any atom is 0.184 e. The van der Waals surface area contributed by atoms with Crippen LogP contribution in [0.4, 0.5) is 0 Å². The van der Waals surface area contributed by atoms with E-state index in [1.807, 2.05) is 30.3 Å². The number of para-hydroxylation sites is 2. The second kappa shape index (κ2) is 6.29.